The molecule has 0 unspecified atom stereocenters. The molecule has 37 heavy (non-hydrogen) atoms. The van der Waals surface area contributed by atoms with Crippen LogP contribution in [-0.2, 0) is 25.6 Å². The van der Waals surface area contributed by atoms with Crippen LogP contribution in [0.3, 0.4) is 0 Å². The molecule has 0 radical (unpaired) electrons. The number of rotatable bonds is 11. The molecule has 11 heteroatoms. The van der Waals surface area contributed by atoms with Crippen molar-refractivity contribution in [1.29, 1.82) is 0 Å². The van der Waals surface area contributed by atoms with Gasteiger partial charge in [0.15, 0.2) is 0 Å². The van der Waals surface area contributed by atoms with E-state index in [0.29, 0.717) is 24.2 Å². The third kappa shape index (κ3) is 8.40. The molecule has 1 atom stereocenters. The van der Waals surface area contributed by atoms with Crippen molar-refractivity contribution in [3.63, 3.8) is 0 Å². The first-order valence-corrected chi connectivity index (χ1v) is 12.0. The van der Waals surface area contributed by atoms with Crippen LogP contribution in [0.25, 0.3) is 10.8 Å². The van der Waals surface area contributed by atoms with E-state index >= 15 is 0 Å². The van der Waals surface area contributed by atoms with Gasteiger partial charge in [0.25, 0.3) is 0 Å². The molecule has 2 N–H and O–H groups in total. The largest absolute Gasteiger partial charge is 0.469 e. The fourth-order valence-electron chi connectivity index (χ4n) is 3.67. The second-order valence-electron chi connectivity index (χ2n) is 8.22. The molecule has 0 spiro atoms. The number of aromatic nitrogens is 1. The summed E-state index contributed by atoms with van der Waals surface area (Å²) in [7, 11) is 1.30. The van der Waals surface area contributed by atoms with E-state index in [1.54, 1.807) is 12.3 Å². The molecule has 2 amide bonds. The van der Waals surface area contributed by atoms with Crippen molar-refractivity contribution in [3.05, 3.63) is 71.1 Å². The Labute approximate surface area is 218 Å². The third-order valence-electron chi connectivity index (χ3n) is 5.57. The van der Waals surface area contributed by atoms with Crippen molar-refractivity contribution in [2.24, 2.45) is 0 Å². The van der Waals surface area contributed by atoms with Gasteiger partial charge in [-0.2, -0.15) is 0 Å². The third-order valence-corrected chi connectivity index (χ3v) is 5.93. The van der Waals surface area contributed by atoms with Crippen LogP contribution in [0.15, 0.2) is 54.7 Å². The highest BCUT2D eigenvalue weighted by molar-refractivity contribution is 6.31. The zero-order chi connectivity index (χ0) is 26.8. The average Bonchev–Trinajstić information content (AvgIpc) is 2.87. The van der Waals surface area contributed by atoms with Gasteiger partial charge in [-0.25, -0.2) is 19.6 Å². The zero-order valence-corrected chi connectivity index (χ0v) is 21.3. The predicted octanol–water partition coefficient (Wildman–Crippen LogP) is 4.84. The van der Waals surface area contributed by atoms with Gasteiger partial charge in [-0.3, -0.25) is 19.9 Å². The Morgan fingerprint density at radius 3 is 2.59 bits per heavy atom. The number of fused-ring (bicyclic) bond motifs is 1. The molecule has 0 aliphatic rings. The lowest BCUT2D eigenvalue weighted by Crippen LogP contribution is -2.50. The molecular formula is C26H28ClFN4O5. The number of nitrogens with zero attached hydrogens (tertiary/aromatic N) is 2. The van der Waals surface area contributed by atoms with Crippen LogP contribution in [0.2, 0.25) is 5.02 Å². The molecular weight excluding hydrogens is 503 g/mol. The molecule has 196 valence electrons. The molecule has 1 aromatic heterocycles. The van der Waals surface area contributed by atoms with E-state index in [1.807, 2.05) is 24.3 Å². The van der Waals surface area contributed by atoms with E-state index in [0.717, 1.165) is 10.8 Å². The van der Waals surface area contributed by atoms with Crippen molar-refractivity contribution in [3.8, 4) is 0 Å². The topological polar surface area (TPSA) is 110 Å². The fraction of sp³-hybridized carbons (Fsp3) is 0.308. The highest BCUT2D eigenvalue weighted by Gasteiger charge is 2.24. The molecule has 2 aromatic carbocycles. The number of carbonyl (C=O) groups is 3. The Kier molecular flexibility index (Phi) is 10.2. The predicted molar refractivity (Wildman–Crippen MR) is 137 cm³/mol. The van der Waals surface area contributed by atoms with Gasteiger partial charge >= 0.3 is 12.1 Å². The molecule has 0 aliphatic heterocycles. The summed E-state index contributed by atoms with van der Waals surface area (Å²) in [6.07, 6.45) is 1.75. The Morgan fingerprint density at radius 2 is 1.89 bits per heavy atom. The maximum absolute atomic E-state index is 13.4. The minimum absolute atomic E-state index is 0.124. The Bertz CT molecular complexity index is 1260. The van der Waals surface area contributed by atoms with E-state index in [-0.39, 0.29) is 36.5 Å². The highest BCUT2D eigenvalue weighted by Crippen LogP contribution is 2.19. The van der Waals surface area contributed by atoms with Gasteiger partial charge in [0.1, 0.15) is 18.2 Å². The maximum atomic E-state index is 13.4. The average molecular weight is 531 g/mol. The quantitative estimate of drug-likeness (QED) is 0.269. The number of amides is 2. The lowest BCUT2D eigenvalue weighted by atomic mass is 10.1. The number of methoxy groups -OCH3 is 1. The fourth-order valence-corrected chi connectivity index (χ4v) is 3.90. The Hall–Kier alpha value is -3.76. The molecule has 0 saturated heterocycles. The number of nitrogens with one attached hydrogen (secondary N) is 2. The van der Waals surface area contributed by atoms with Crippen LogP contribution < -0.4 is 10.7 Å². The molecule has 1 heterocycles. The minimum Gasteiger partial charge on any atom is -0.469 e. The summed E-state index contributed by atoms with van der Waals surface area (Å²) in [5, 5.41) is 5.94. The van der Waals surface area contributed by atoms with Gasteiger partial charge < -0.3 is 9.47 Å². The molecule has 3 rings (SSSR count). The first kappa shape index (κ1) is 27.8. The lowest BCUT2D eigenvalue weighted by molar-refractivity contribution is -0.140. The van der Waals surface area contributed by atoms with Gasteiger partial charge in [-0.1, -0.05) is 41.9 Å². The number of pyridine rings is 1. The van der Waals surface area contributed by atoms with E-state index in [1.165, 1.54) is 37.2 Å². The molecule has 9 nitrogen and oxygen atoms in total. The highest BCUT2D eigenvalue weighted by atomic mass is 35.5. The van der Waals surface area contributed by atoms with Crippen LogP contribution >= 0.6 is 11.6 Å². The number of halogens is 2. The molecule has 3 aromatic rings. The van der Waals surface area contributed by atoms with Crippen molar-refractivity contribution in [2.45, 2.75) is 38.8 Å². The number of anilines is 1. The molecule has 0 saturated carbocycles. The number of hydrogen-bond acceptors (Lipinski definition) is 7. The minimum atomic E-state index is -0.745. The zero-order valence-electron chi connectivity index (χ0n) is 20.5. The standard InChI is InChI=1S/C26H28ClFN4O5/c1-17(33)32(30-15-20-10-11-21(28)13-23(20)27)22(8-5-9-25(34)36-2)16-37-26(35)31-24-12-18-6-3-4-7-19(18)14-29-24/h3-4,6-7,10-14,22,30H,5,8-9,15-16H2,1-2H3,(H,29,31,35)/t22-/m0/s1. The number of hydrogen-bond donors (Lipinski definition) is 2. The molecule has 0 fully saturated rings. The van der Waals surface area contributed by atoms with Crippen molar-refractivity contribution >= 4 is 46.2 Å². The number of esters is 1. The number of ether oxygens (including phenoxy) is 2. The number of hydrazine groups is 1. The van der Waals surface area contributed by atoms with Crippen LogP contribution in [-0.4, -0.2) is 47.7 Å². The van der Waals surface area contributed by atoms with Gasteiger partial charge in [0.05, 0.1) is 13.2 Å². The van der Waals surface area contributed by atoms with Crippen molar-refractivity contribution < 1.29 is 28.2 Å². The first-order valence-electron chi connectivity index (χ1n) is 11.6. The van der Waals surface area contributed by atoms with E-state index < -0.39 is 18.0 Å². The summed E-state index contributed by atoms with van der Waals surface area (Å²) in [4.78, 5) is 40.8. The van der Waals surface area contributed by atoms with Crippen LogP contribution in [0.1, 0.15) is 31.7 Å². The normalized spacial score (nSPS) is 11.6. The van der Waals surface area contributed by atoms with Gasteiger partial charge in [-0.15, -0.1) is 0 Å². The van der Waals surface area contributed by atoms with Crippen molar-refractivity contribution in [1.82, 2.24) is 15.4 Å². The lowest BCUT2D eigenvalue weighted by Gasteiger charge is -2.31. The van der Waals surface area contributed by atoms with E-state index in [4.69, 9.17) is 16.3 Å². The van der Waals surface area contributed by atoms with Gasteiger partial charge in [-0.05, 0) is 42.0 Å². The van der Waals surface area contributed by atoms with E-state index in [9.17, 15) is 18.8 Å². The SMILES string of the molecule is COC(=O)CCC[C@@H](COC(=O)Nc1cc2ccccc2cn1)N(NCc1ccc(F)cc1Cl)C(C)=O. The summed E-state index contributed by atoms with van der Waals surface area (Å²) in [6.45, 7) is 1.31. The second kappa shape index (κ2) is 13.5. The number of carbonyl (C=O) groups excluding carboxylic acids is 3. The Morgan fingerprint density at radius 1 is 1.14 bits per heavy atom. The summed E-state index contributed by atoms with van der Waals surface area (Å²) in [5.41, 5.74) is 3.55. The molecule has 0 bridgehead atoms. The van der Waals surface area contributed by atoms with Gasteiger partial charge in [0.2, 0.25) is 5.91 Å². The van der Waals surface area contributed by atoms with Gasteiger partial charge in [0, 0.05) is 36.5 Å². The van der Waals surface area contributed by atoms with Crippen molar-refractivity contribution in [2.75, 3.05) is 19.0 Å². The number of benzene rings is 2. The van der Waals surface area contributed by atoms with Crippen LogP contribution in [0.4, 0.5) is 15.0 Å². The maximum Gasteiger partial charge on any atom is 0.412 e. The van der Waals surface area contributed by atoms with Crippen LogP contribution in [0.5, 0.6) is 0 Å². The Balaban J connectivity index is 1.66. The van der Waals surface area contributed by atoms with E-state index in [2.05, 4.69) is 20.5 Å². The first-order chi connectivity index (χ1) is 17.8. The summed E-state index contributed by atoms with van der Waals surface area (Å²) in [5.74, 6) is -0.890. The molecule has 0 aliphatic carbocycles. The smallest absolute Gasteiger partial charge is 0.412 e. The summed E-state index contributed by atoms with van der Waals surface area (Å²) in [6, 6.07) is 12.6. The monoisotopic (exact) mass is 530 g/mol. The second-order valence-corrected chi connectivity index (χ2v) is 8.63. The summed E-state index contributed by atoms with van der Waals surface area (Å²) >= 11 is 6.10. The van der Waals surface area contributed by atoms with Crippen LogP contribution in [0, 0.1) is 5.82 Å². The summed E-state index contributed by atoms with van der Waals surface area (Å²) < 4.78 is 23.5.